The number of nitrogens with one attached hydrogen (secondary N) is 2. The molecule has 0 aromatic heterocycles. The van der Waals surface area contributed by atoms with Crippen molar-refractivity contribution in [3.05, 3.63) is 24.3 Å². The van der Waals surface area contributed by atoms with E-state index in [4.69, 9.17) is 14.6 Å². The second-order valence-corrected chi connectivity index (χ2v) is 8.32. The maximum atomic E-state index is 11.4. The highest BCUT2D eigenvalue weighted by Crippen LogP contribution is 2.14. The maximum absolute atomic E-state index is 11.4. The number of amides is 2. The number of ether oxygens (including phenoxy) is 2. The first-order valence-corrected chi connectivity index (χ1v) is 13.1. The lowest BCUT2D eigenvalue weighted by atomic mass is 10.3. The zero-order valence-electron chi connectivity index (χ0n) is 22.6. The zero-order chi connectivity index (χ0) is 27.1. The van der Waals surface area contributed by atoms with Gasteiger partial charge in [0.2, 0.25) is 5.91 Å². The van der Waals surface area contributed by atoms with Crippen LogP contribution in [-0.2, 0) is 19.1 Å². The van der Waals surface area contributed by atoms with Crippen molar-refractivity contribution in [2.75, 3.05) is 23.1 Å². The molecule has 0 heterocycles. The number of hydrogen-bond donors (Lipinski definition) is 3. The Morgan fingerprint density at radius 3 is 1.44 bits per heavy atom. The molecule has 3 N–H and O–H groups in total. The first kappa shape index (κ1) is 36.3. The Bertz CT molecular complexity index is 653. The first-order valence-electron chi connectivity index (χ1n) is 11.5. The molecule has 0 saturated carbocycles. The zero-order valence-corrected chi connectivity index (χ0v) is 23.4. The fourth-order valence-electron chi connectivity index (χ4n) is 1.62. The summed E-state index contributed by atoms with van der Waals surface area (Å²) in [7, 11) is 0. The lowest BCUT2D eigenvalue weighted by Gasteiger charge is -2.12. The number of aliphatic hydroxyl groups is 1. The monoisotopic (exact) mass is 502 g/mol. The van der Waals surface area contributed by atoms with Gasteiger partial charge in [-0.05, 0) is 76.8 Å². The third-order valence-corrected chi connectivity index (χ3v) is 3.87. The minimum absolute atomic E-state index is 0.0764. The van der Waals surface area contributed by atoms with Gasteiger partial charge >= 0.3 is 12.1 Å². The Morgan fingerprint density at radius 1 is 0.824 bits per heavy atom. The molecule has 2 amide bonds. The molecule has 3 atom stereocenters. The molecular formula is C25H46N2O6S. The first-order chi connectivity index (χ1) is 15.9. The van der Waals surface area contributed by atoms with Crippen LogP contribution in [0.5, 0.6) is 0 Å². The number of thioether (sulfide) groups is 1. The van der Waals surface area contributed by atoms with Crippen molar-refractivity contribution in [2.24, 2.45) is 0 Å². The number of carbonyl (C=O) groups excluding carboxylic acids is 3. The Balaban J connectivity index is -0.000000495. The van der Waals surface area contributed by atoms with Gasteiger partial charge in [-0.3, -0.25) is 14.9 Å². The molecular weight excluding hydrogens is 456 g/mol. The summed E-state index contributed by atoms with van der Waals surface area (Å²) >= 11 is 1.75. The highest BCUT2D eigenvalue weighted by molar-refractivity contribution is 7.97. The van der Waals surface area contributed by atoms with Crippen molar-refractivity contribution in [1.29, 1.82) is 0 Å². The van der Waals surface area contributed by atoms with Gasteiger partial charge < -0.3 is 19.9 Å². The van der Waals surface area contributed by atoms with Crippen molar-refractivity contribution in [3.63, 3.8) is 0 Å². The third-order valence-electron chi connectivity index (χ3n) is 3.87. The summed E-state index contributed by atoms with van der Waals surface area (Å²) in [6, 6.07) is 6.81. The summed E-state index contributed by atoms with van der Waals surface area (Å²) in [5.41, 5.74) is 1.31. The van der Waals surface area contributed by atoms with E-state index < -0.39 is 6.09 Å². The summed E-state index contributed by atoms with van der Waals surface area (Å²) in [6.07, 6.45) is 5.98. The molecule has 0 spiro atoms. The summed E-state index contributed by atoms with van der Waals surface area (Å²) in [4.78, 5) is 32.5. The SMILES string of the molecule is CCC(C)O.CCC(C)OC(=O)Nc1ccc(NC(C)=O)cc1.CCC(C)OC(C)=O.CSC. The lowest BCUT2D eigenvalue weighted by molar-refractivity contribution is -0.145. The van der Waals surface area contributed by atoms with E-state index >= 15 is 0 Å². The van der Waals surface area contributed by atoms with Crippen LogP contribution in [0.1, 0.15) is 74.7 Å². The van der Waals surface area contributed by atoms with Crippen LogP contribution in [-0.4, -0.2) is 53.9 Å². The molecule has 0 aliphatic rings. The normalized spacial score (nSPS) is 11.9. The highest BCUT2D eigenvalue weighted by atomic mass is 32.2. The average molecular weight is 503 g/mol. The number of carbonyl (C=O) groups is 3. The van der Waals surface area contributed by atoms with E-state index in [-0.39, 0.29) is 30.2 Å². The predicted molar refractivity (Wildman–Crippen MR) is 144 cm³/mol. The molecule has 198 valence electrons. The maximum Gasteiger partial charge on any atom is 0.411 e. The minimum Gasteiger partial charge on any atom is -0.463 e. The van der Waals surface area contributed by atoms with E-state index in [1.54, 1.807) is 43.0 Å². The van der Waals surface area contributed by atoms with Crippen molar-refractivity contribution >= 4 is 41.1 Å². The highest BCUT2D eigenvalue weighted by Gasteiger charge is 2.07. The van der Waals surface area contributed by atoms with Crippen LogP contribution in [0.15, 0.2) is 24.3 Å². The third kappa shape index (κ3) is 27.8. The van der Waals surface area contributed by atoms with E-state index in [9.17, 15) is 14.4 Å². The Labute approximate surface area is 210 Å². The number of anilines is 2. The minimum atomic E-state index is -0.475. The largest absolute Gasteiger partial charge is 0.463 e. The summed E-state index contributed by atoms with van der Waals surface area (Å²) < 4.78 is 9.84. The molecule has 0 saturated heterocycles. The van der Waals surface area contributed by atoms with Gasteiger partial charge in [-0.2, -0.15) is 11.8 Å². The van der Waals surface area contributed by atoms with Gasteiger partial charge in [0.1, 0.15) is 6.10 Å². The van der Waals surface area contributed by atoms with E-state index in [2.05, 4.69) is 10.6 Å². The van der Waals surface area contributed by atoms with Gasteiger partial charge in [-0.15, -0.1) is 0 Å². The van der Waals surface area contributed by atoms with Gasteiger partial charge in [0.15, 0.2) is 0 Å². The standard InChI is InChI=1S/C13H18N2O3.C6H12O2.C4H10O.C2H6S/c1-4-9(2)18-13(17)15-12-7-5-11(6-8-12)14-10(3)16;1-4-5(2)8-6(3)7;1-3-4(2)5;1-3-2/h5-9H,4H2,1-3H3,(H,14,16)(H,15,17);5H,4H2,1-3H3;4-5H,3H2,1-2H3;1-2H3. The molecule has 1 aromatic rings. The Hall–Kier alpha value is -2.26. The van der Waals surface area contributed by atoms with Crippen LogP contribution in [0.4, 0.5) is 16.2 Å². The lowest BCUT2D eigenvalue weighted by Crippen LogP contribution is -2.19. The van der Waals surface area contributed by atoms with Crippen LogP contribution in [0, 0.1) is 0 Å². The molecule has 34 heavy (non-hydrogen) atoms. The smallest absolute Gasteiger partial charge is 0.411 e. The molecule has 3 unspecified atom stereocenters. The fraction of sp³-hybridized carbons (Fsp3) is 0.640. The van der Waals surface area contributed by atoms with Crippen LogP contribution in [0.3, 0.4) is 0 Å². The van der Waals surface area contributed by atoms with Crippen molar-refractivity contribution in [2.45, 2.75) is 93.0 Å². The van der Waals surface area contributed by atoms with Crippen molar-refractivity contribution < 1.29 is 29.0 Å². The van der Waals surface area contributed by atoms with Gasteiger partial charge in [0, 0.05) is 25.2 Å². The average Bonchev–Trinajstić information content (AvgIpc) is 2.75. The number of hydrogen-bond acceptors (Lipinski definition) is 7. The van der Waals surface area contributed by atoms with Crippen LogP contribution < -0.4 is 10.6 Å². The number of rotatable bonds is 7. The molecule has 0 bridgehead atoms. The van der Waals surface area contributed by atoms with E-state index in [1.165, 1.54) is 13.8 Å². The van der Waals surface area contributed by atoms with Crippen LogP contribution in [0.25, 0.3) is 0 Å². The summed E-state index contributed by atoms with van der Waals surface area (Å²) in [5.74, 6) is -0.328. The molecule has 8 nitrogen and oxygen atoms in total. The Morgan fingerprint density at radius 2 is 1.18 bits per heavy atom. The van der Waals surface area contributed by atoms with Gasteiger partial charge in [-0.1, -0.05) is 20.8 Å². The molecule has 0 fully saturated rings. The second-order valence-electron chi connectivity index (χ2n) is 7.50. The molecule has 0 aliphatic carbocycles. The van der Waals surface area contributed by atoms with Crippen LogP contribution in [0.2, 0.25) is 0 Å². The fourth-order valence-corrected chi connectivity index (χ4v) is 1.62. The van der Waals surface area contributed by atoms with Crippen molar-refractivity contribution in [1.82, 2.24) is 0 Å². The topological polar surface area (TPSA) is 114 Å². The molecule has 0 radical (unpaired) electrons. The second kappa shape index (κ2) is 23.9. The van der Waals surface area contributed by atoms with E-state index in [0.29, 0.717) is 11.4 Å². The molecule has 0 aliphatic heterocycles. The Kier molecular flexibility index (Phi) is 25.5. The van der Waals surface area contributed by atoms with E-state index in [1.807, 2.05) is 47.1 Å². The molecule has 9 heteroatoms. The van der Waals surface area contributed by atoms with E-state index in [0.717, 1.165) is 19.3 Å². The molecule has 1 aromatic carbocycles. The van der Waals surface area contributed by atoms with Crippen molar-refractivity contribution in [3.8, 4) is 0 Å². The molecule has 1 rings (SSSR count). The van der Waals surface area contributed by atoms with Gasteiger partial charge in [0.25, 0.3) is 0 Å². The van der Waals surface area contributed by atoms with Crippen LogP contribution >= 0.6 is 11.8 Å². The van der Waals surface area contributed by atoms with Gasteiger partial charge in [-0.25, -0.2) is 4.79 Å². The predicted octanol–water partition coefficient (Wildman–Crippen LogP) is 6.10. The summed E-state index contributed by atoms with van der Waals surface area (Å²) in [6.45, 7) is 14.2. The number of esters is 1. The number of aliphatic hydroxyl groups excluding tert-OH is 1. The van der Waals surface area contributed by atoms with Gasteiger partial charge in [0.05, 0.1) is 12.2 Å². The summed E-state index contributed by atoms with van der Waals surface area (Å²) in [5, 5.41) is 13.6. The quantitative estimate of drug-likeness (QED) is 0.386. The number of benzene rings is 1.